The minimum absolute atomic E-state index is 0.0434. The summed E-state index contributed by atoms with van der Waals surface area (Å²) in [5.74, 6) is -1.13. The third-order valence-electron chi connectivity index (χ3n) is 2.57. The summed E-state index contributed by atoms with van der Waals surface area (Å²) >= 11 is 5.54. The molecule has 1 unspecified atom stereocenters. The fraction of sp³-hybridized carbons (Fsp3) is 0.0714. The third kappa shape index (κ3) is 2.58. The molecule has 0 saturated carbocycles. The van der Waals surface area contributed by atoms with Crippen LogP contribution in [0.5, 0.6) is 0 Å². The maximum absolute atomic E-state index is 13.3. The highest BCUT2D eigenvalue weighted by Gasteiger charge is 2.19. The van der Waals surface area contributed by atoms with Gasteiger partial charge in [0.15, 0.2) is 5.78 Å². The van der Waals surface area contributed by atoms with Crippen molar-refractivity contribution < 1.29 is 14.3 Å². The Morgan fingerprint density at radius 2 is 1.83 bits per heavy atom. The van der Waals surface area contributed by atoms with Crippen LogP contribution in [-0.2, 0) is 0 Å². The van der Waals surface area contributed by atoms with Gasteiger partial charge < -0.3 is 5.11 Å². The highest BCUT2D eigenvalue weighted by molar-refractivity contribution is 6.30. The molecule has 92 valence electrons. The molecule has 1 N–H and O–H groups in total. The number of carbonyl (C=O) groups is 1. The van der Waals surface area contributed by atoms with Gasteiger partial charge in [-0.3, -0.25) is 4.79 Å². The summed E-state index contributed by atoms with van der Waals surface area (Å²) in [6.45, 7) is 0. The largest absolute Gasteiger partial charge is 0.380 e. The van der Waals surface area contributed by atoms with E-state index in [9.17, 15) is 14.3 Å². The number of aliphatic hydroxyl groups excluding tert-OH is 1. The Labute approximate surface area is 109 Å². The van der Waals surface area contributed by atoms with Crippen molar-refractivity contribution >= 4 is 17.4 Å². The molecule has 4 heteroatoms. The van der Waals surface area contributed by atoms with E-state index < -0.39 is 17.7 Å². The Kier molecular flexibility index (Phi) is 3.75. The topological polar surface area (TPSA) is 37.3 Å². The van der Waals surface area contributed by atoms with Gasteiger partial charge in [-0.1, -0.05) is 48.0 Å². The van der Waals surface area contributed by atoms with Crippen molar-refractivity contribution in [2.45, 2.75) is 6.10 Å². The lowest BCUT2D eigenvalue weighted by atomic mass is 10.00. The molecule has 2 rings (SSSR count). The van der Waals surface area contributed by atoms with Crippen LogP contribution in [0.2, 0.25) is 5.02 Å². The van der Waals surface area contributed by atoms with Crippen LogP contribution >= 0.6 is 11.6 Å². The fourth-order valence-electron chi connectivity index (χ4n) is 1.59. The van der Waals surface area contributed by atoms with Gasteiger partial charge in [-0.15, -0.1) is 0 Å². The number of rotatable bonds is 3. The van der Waals surface area contributed by atoms with Crippen LogP contribution in [0, 0.1) is 5.82 Å². The summed E-state index contributed by atoms with van der Waals surface area (Å²) in [6, 6.07) is 12.2. The Bertz CT molecular complexity index is 569. The van der Waals surface area contributed by atoms with Crippen molar-refractivity contribution in [1.82, 2.24) is 0 Å². The number of benzene rings is 2. The Morgan fingerprint density at radius 3 is 2.44 bits per heavy atom. The lowest BCUT2D eigenvalue weighted by molar-refractivity contribution is 0.0747. The second kappa shape index (κ2) is 5.29. The monoisotopic (exact) mass is 264 g/mol. The van der Waals surface area contributed by atoms with Crippen LogP contribution in [0.1, 0.15) is 22.0 Å². The van der Waals surface area contributed by atoms with E-state index in [4.69, 9.17) is 11.6 Å². The molecule has 2 aromatic carbocycles. The second-order valence-corrected chi connectivity index (χ2v) is 4.21. The molecule has 0 heterocycles. The Morgan fingerprint density at radius 1 is 1.17 bits per heavy atom. The van der Waals surface area contributed by atoms with Gasteiger partial charge in [0, 0.05) is 5.56 Å². The first-order valence-corrected chi connectivity index (χ1v) is 5.69. The minimum Gasteiger partial charge on any atom is -0.380 e. The van der Waals surface area contributed by atoms with E-state index in [1.54, 1.807) is 30.3 Å². The lowest BCUT2D eigenvalue weighted by Gasteiger charge is -2.10. The quantitative estimate of drug-likeness (QED) is 0.863. The van der Waals surface area contributed by atoms with E-state index >= 15 is 0 Å². The average Bonchev–Trinajstić information content (AvgIpc) is 2.41. The molecule has 0 aliphatic heterocycles. The summed E-state index contributed by atoms with van der Waals surface area (Å²) in [5.41, 5.74) is 0.561. The molecular weight excluding hydrogens is 255 g/mol. The zero-order chi connectivity index (χ0) is 13.1. The maximum Gasteiger partial charge on any atom is 0.195 e. The van der Waals surface area contributed by atoms with E-state index in [-0.39, 0.29) is 10.6 Å². The smallest absolute Gasteiger partial charge is 0.195 e. The molecule has 0 aromatic heterocycles. The van der Waals surface area contributed by atoms with Crippen molar-refractivity contribution in [3.63, 3.8) is 0 Å². The summed E-state index contributed by atoms with van der Waals surface area (Å²) in [6.07, 6.45) is -1.39. The van der Waals surface area contributed by atoms with Gasteiger partial charge in [0.05, 0.1) is 5.02 Å². The second-order valence-electron chi connectivity index (χ2n) is 3.81. The number of hydrogen-bond acceptors (Lipinski definition) is 2. The maximum atomic E-state index is 13.3. The number of hydrogen-bond donors (Lipinski definition) is 1. The van der Waals surface area contributed by atoms with Crippen molar-refractivity contribution in [2.24, 2.45) is 0 Å². The summed E-state index contributed by atoms with van der Waals surface area (Å²) < 4.78 is 13.3. The average molecular weight is 265 g/mol. The van der Waals surface area contributed by atoms with Gasteiger partial charge in [0.2, 0.25) is 0 Å². The van der Waals surface area contributed by atoms with Crippen LogP contribution in [0.4, 0.5) is 4.39 Å². The Hall–Kier alpha value is -1.71. The highest BCUT2D eigenvalue weighted by Crippen LogP contribution is 2.22. The molecule has 0 saturated heterocycles. The Balaban J connectivity index is 2.28. The van der Waals surface area contributed by atoms with Crippen molar-refractivity contribution in [3.05, 3.63) is 70.5 Å². The fourth-order valence-corrected chi connectivity index (χ4v) is 1.71. The van der Waals surface area contributed by atoms with Crippen LogP contribution in [-0.4, -0.2) is 10.9 Å². The molecule has 1 atom stereocenters. The summed E-state index contributed by atoms with van der Waals surface area (Å²) in [7, 11) is 0. The van der Waals surface area contributed by atoms with Gasteiger partial charge in [-0.05, 0) is 17.7 Å². The van der Waals surface area contributed by atoms with E-state index in [1.165, 1.54) is 12.1 Å². The van der Waals surface area contributed by atoms with Crippen molar-refractivity contribution in [1.29, 1.82) is 0 Å². The first-order valence-electron chi connectivity index (χ1n) is 5.32. The normalized spacial score (nSPS) is 12.2. The molecule has 0 bridgehead atoms. The molecule has 0 amide bonds. The van der Waals surface area contributed by atoms with E-state index in [1.807, 2.05) is 0 Å². The van der Waals surface area contributed by atoms with Gasteiger partial charge >= 0.3 is 0 Å². The molecule has 18 heavy (non-hydrogen) atoms. The van der Waals surface area contributed by atoms with Gasteiger partial charge in [-0.25, -0.2) is 4.39 Å². The van der Waals surface area contributed by atoms with Crippen LogP contribution < -0.4 is 0 Å². The zero-order valence-electron chi connectivity index (χ0n) is 9.31. The predicted molar refractivity (Wildman–Crippen MR) is 67.1 cm³/mol. The number of aliphatic hydroxyl groups is 1. The predicted octanol–water partition coefficient (Wildman–Crippen LogP) is 3.40. The van der Waals surface area contributed by atoms with Gasteiger partial charge in [0.25, 0.3) is 0 Å². The van der Waals surface area contributed by atoms with Gasteiger partial charge in [0.1, 0.15) is 11.9 Å². The molecule has 0 fully saturated rings. The summed E-state index contributed by atoms with van der Waals surface area (Å²) in [4.78, 5) is 11.9. The molecular formula is C14H10ClFO2. The van der Waals surface area contributed by atoms with E-state index in [0.29, 0.717) is 5.56 Å². The lowest BCUT2D eigenvalue weighted by Crippen LogP contribution is -2.12. The standard InChI is InChI=1S/C14H10ClFO2/c15-11-7-6-10(8-12(11)16)14(18)13(17)9-4-2-1-3-5-9/h1-8,14,18H. The molecule has 2 nitrogen and oxygen atoms in total. The first-order chi connectivity index (χ1) is 8.59. The molecule has 0 aliphatic rings. The highest BCUT2D eigenvalue weighted by atomic mass is 35.5. The molecule has 0 aliphatic carbocycles. The molecule has 0 radical (unpaired) electrons. The number of Topliss-reactive ketones (excluding diaryl/α,β-unsaturated/α-hetero) is 1. The minimum atomic E-state index is -1.39. The van der Waals surface area contributed by atoms with E-state index in [2.05, 4.69) is 0 Å². The van der Waals surface area contributed by atoms with Crippen molar-refractivity contribution in [3.8, 4) is 0 Å². The first kappa shape index (κ1) is 12.7. The van der Waals surface area contributed by atoms with Crippen molar-refractivity contribution in [2.75, 3.05) is 0 Å². The number of ketones is 1. The zero-order valence-corrected chi connectivity index (χ0v) is 10.1. The van der Waals surface area contributed by atoms with Crippen LogP contribution in [0.3, 0.4) is 0 Å². The number of carbonyl (C=O) groups excluding carboxylic acids is 1. The third-order valence-corrected chi connectivity index (χ3v) is 2.87. The number of halogens is 2. The molecule has 2 aromatic rings. The SMILES string of the molecule is O=C(c1ccccc1)C(O)c1ccc(Cl)c(F)c1. The van der Waals surface area contributed by atoms with Gasteiger partial charge in [-0.2, -0.15) is 0 Å². The van der Waals surface area contributed by atoms with E-state index in [0.717, 1.165) is 6.07 Å². The van der Waals surface area contributed by atoms with Crippen LogP contribution in [0.15, 0.2) is 48.5 Å². The molecule has 0 spiro atoms. The van der Waals surface area contributed by atoms with Crippen LogP contribution in [0.25, 0.3) is 0 Å². The summed E-state index contributed by atoms with van der Waals surface area (Å²) in [5, 5.41) is 9.86.